The Labute approximate surface area is 130 Å². The second-order valence-corrected chi connectivity index (χ2v) is 6.90. The third-order valence-electron chi connectivity index (χ3n) is 4.15. The summed E-state index contributed by atoms with van der Waals surface area (Å²) in [7, 11) is 0. The number of hydrogen-bond donors (Lipinski definition) is 1. The van der Waals surface area contributed by atoms with Crippen LogP contribution in [-0.4, -0.2) is 42.8 Å². The Morgan fingerprint density at radius 2 is 2.10 bits per heavy atom. The van der Waals surface area contributed by atoms with E-state index in [1.807, 2.05) is 0 Å². The fraction of sp³-hybridized carbons (Fsp3) is 0.625. The van der Waals surface area contributed by atoms with Gasteiger partial charge in [0.25, 0.3) is 0 Å². The van der Waals surface area contributed by atoms with Crippen molar-refractivity contribution in [3.8, 4) is 0 Å². The number of nitrogens with zero attached hydrogens (tertiary/aromatic N) is 1. The Morgan fingerprint density at radius 1 is 1.40 bits per heavy atom. The summed E-state index contributed by atoms with van der Waals surface area (Å²) in [4.78, 5) is 2.51. The van der Waals surface area contributed by atoms with E-state index in [2.05, 4.69) is 58.9 Å². The minimum atomic E-state index is -0.00418. The number of hydrogen-bond acceptors (Lipinski definition) is 3. The Kier molecular flexibility index (Phi) is 5.61. The molecule has 1 saturated heterocycles. The fourth-order valence-corrected chi connectivity index (χ4v) is 3.10. The highest BCUT2D eigenvalue weighted by Gasteiger charge is 2.32. The molecule has 4 heteroatoms. The minimum absolute atomic E-state index is 0.00418. The minimum Gasteiger partial charge on any atom is -0.377 e. The highest BCUT2D eigenvalue weighted by Crippen LogP contribution is 2.23. The molecule has 20 heavy (non-hydrogen) atoms. The van der Waals surface area contributed by atoms with E-state index in [0.29, 0.717) is 6.54 Å². The van der Waals surface area contributed by atoms with Crippen LogP contribution in [0.4, 0.5) is 0 Å². The summed E-state index contributed by atoms with van der Waals surface area (Å²) in [5.74, 6) is 0. The number of rotatable bonds is 4. The second-order valence-electron chi connectivity index (χ2n) is 5.99. The van der Waals surface area contributed by atoms with Crippen LogP contribution < -0.4 is 5.73 Å². The molecule has 2 N–H and O–H groups in total. The molecule has 1 fully saturated rings. The van der Waals surface area contributed by atoms with Gasteiger partial charge in [0.15, 0.2) is 0 Å². The molecule has 112 valence electrons. The molecule has 0 aliphatic carbocycles. The van der Waals surface area contributed by atoms with Gasteiger partial charge in [-0.3, -0.25) is 4.90 Å². The molecule has 1 aliphatic rings. The van der Waals surface area contributed by atoms with E-state index in [9.17, 15) is 0 Å². The SMILES string of the molecule is CC1CN(C(C)(CN)Cc2ccc(Br)cc2)CCCO1. The van der Waals surface area contributed by atoms with Gasteiger partial charge in [-0.15, -0.1) is 0 Å². The predicted octanol–water partition coefficient (Wildman–Crippen LogP) is 2.82. The number of ether oxygens (including phenoxy) is 1. The van der Waals surface area contributed by atoms with Gasteiger partial charge in [0.2, 0.25) is 0 Å². The quantitative estimate of drug-likeness (QED) is 0.915. The van der Waals surface area contributed by atoms with Crippen molar-refractivity contribution < 1.29 is 4.74 Å². The van der Waals surface area contributed by atoms with Crippen LogP contribution in [0.5, 0.6) is 0 Å². The van der Waals surface area contributed by atoms with Crippen molar-refractivity contribution >= 4 is 15.9 Å². The van der Waals surface area contributed by atoms with E-state index in [1.54, 1.807) is 0 Å². The summed E-state index contributed by atoms with van der Waals surface area (Å²) in [6.45, 7) is 7.97. The van der Waals surface area contributed by atoms with Crippen molar-refractivity contribution in [2.75, 3.05) is 26.2 Å². The normalized spacial score (nSPS) is 24.1. The van der Waals surface area contributed by atoms with Gasteiger partial charge >= 0.3 is 0 Å². The van der Waals surface area contributed by atoms with E-state index in [4.69, 9.17) is 10.5 Å². The number of halogens is 1. The largest absolute Gasteiger partial charge is 0.377 e. The molecular weight excluding hydrogens is 316 g/mol. The van der Waals surface area contributed by atoms with Gasteiger partial charge in [0, 0.05) is 36.3 Å². The maximum atomic E-state index is 6.12. The highest BCUT2D eigenvalue weighted by atomic mass is 79.9. The molecule has 0 bridgehead atoms. The first kappa shape index (κ1) is 16.0. The standard InChI is InChI=1S/C16H25BrN2O/c1-13-11-19(8-3-9-20-13)16(2,12-18)10-14-4-6-15(17)7-5-14/h4-7,13H,3,8-12,18H2,1-2H3. The summed E-state index contributed by atoms with van der Waals surface area (Å²) in [6.07, 6.45) is 2.34. The lowest BCUT2D eigenvalue weighted by molar-refractivity contribution is 0.0430. The summed E-state index contributed by atoms with van der Waals surface area (Å²) in [6, 6.07) is 8.55. The van der Waals surface area contributed by atoms with E-state index in [-0.39, 0.29) is 11.6 Å². The fourth-order valence-electron chi connectivity index (χ4n) is 2.84. The van der Waals surface area contributed by atoms with Gasteiger partial charge in [-0.05, 0) is 44.4 Å². The topological polar surface area (TPSA) is 38.5 Å². The zero-order chi connectivity index (χ0) is 14.6. The van der Waals surface area contributed by atoms with Crippen LogP contribution in [-0.2, 0) is 11.2 Å². The average Bonchev–Trinajstić information content (AvgIpc) is 2.66. The molecule has 0 amide bonds. The molecule has 0 aromatic heterocycles. The average molecular weight is 341 g/mol. The lowest BCUT2D eigenvalue weighted by Gasteiger charge is -2.41. The smallest absolute Gasteiger partial charge is 0.0674 e. The maximum Gasteiger partial charge on any atom is 0.0674 e. The number of benzene rings is 1. The van der Waals surface area contributed by atoms with Gasteiger partial charge in [-0.25, -0.2) is 0 Å². The van der Waals surface area contributed by atoms with Gasteiger partial charge in [0.05, 0.1) is 6.10 Å². The maximum absolute atomic E-state index is 6.12. The van der Waals surface area contributed by atoms with Crippen LogP contribution in [0.25, 0.3) is 0 Å². The highest BCUT2D eigenvalue weighted by molar-refractivity contribution is 9.10. The molecule has 0 radical (unpaired) electrons. The van der Waals surface area contributed by atoms with E-state index < -0.39 is 0 Å². The van der Waals surface area contributed by atoms with Crippen LogP contribution in [0, 0.1) is 0 Å². The first-order valence-corrected chi connectivity index (χ1v) is 8.14. The van der Waals surface area contributed by atoms with Gasteiger partial charge in [0.1, 0.15) is 0 Å². The summed E-state index contributed by atoms with van der Waals surface area (Å²) in [5, 5.41) is 0. The van der Waals surface area contributed by atoms with Crippen molar-refractivity contribution in [1.82, 2.24) is 4.90 Å². The molecule has 2 rings (SSSR count). The first-order chi connectivity index (χ1) is 9.53. The van der Waals surface area contributed by atoms with Crippen LogP contribution in [0.3, 0.4) is 0 Å². The summed E-state index contributed by atoms with van der Waals surface area (Å²) >= 11 is 3.49. The Balaban J connectivity index is 2.12. The third kappa shape index (κ3) is 4.04. The Bertz CT molecular complexity index is 423. The monoisotopic (exact) mass is 340 g/mol. The van der Waals surface area contributed by atoms with Gasteiger partial charge in [-0.2, -0.15) is 0 Å². The second kappa shape index (κ2) is 7.03. The van der Waals surface area contributed by atoms with E-state index >= 15 is 0 Å². The van der Waals surface area contributed by atoms with Crippen LogP contribution >= 0.6 is 15.9 Å². The molecule has 0 saturated carbocycles. The van der Waals surface area contributed by atoms with Crippen LogP contribution in [0.15, 0.2) is 28.7 Å². The summed E-state index contributed by atoms with van der Waals surface area (Å²) in [5.41, 5.74) is 7.45. The zero-order valence-corrected chi connectivity index (χ0v) is 14.0. The van der Waals surface area contributed by atoms with Crippen molar-refractivity contribution in [3.05, 3.63) is 34.3 Å². The van der Waals surface area contributed by atoms with Crippen molar-refractivity contribution in [3.63, 3.8) is 0 Å². The first-order valence-electron chi connectivity index (χ1n) is 7.35. The van der Waals surface area contributed by atoms with Crippen LogP contribution in [0.1, 0.15) is 25.8 Å². The van der Waals surface area contributed by atoms with Crippen LogP contribution in [0.2, 0.25) is 0 Å². The molecule has 3 nitrogen and oxygen atoms in total. The lowest BCUT2D eigenvalue weighted by Crippen LogP contribution is -2.54. The molecule has 1 heterocycles. The van der Waals surface area contributed by atoms with E-state index in [0.717, 1.165) is 37.0 Å². The van der Waals surface area contributed by atoms with Crippen molar-refractivity contribution in [1.29, 1.82) is 0 Å². The molecule has 1 aromatic carbocycles. The predicted molar refractivity (Wildman–Crippen MR) is 86.9 cm³/mol. The van der Waals surface area contributed by atoms with Gasteiger partial charge in [-0.1, -0.05) is 28.1 Å². The molecule has 0 spiro atoms. The van der Waals surface area contributed by atoms with E-state index in [1.165, 1.54) is 5.56 Å². The third-order valence-corrected chi connectivity index (χ3v) is 4.68. The summed E-state index contributed by atoms with van der Waals surface area (Å²) < 4.78 is 6.87. The molecule has 2 atom stereocenters. The molecule has 1 aliphatic heterocycles. The molecule has 2 unspecified atom stereocenters. The van der Waals surface area contributed by atoms with Gasteiger partial charge < -0.3 is 10.5 Å². The zero-order valence-electron chi connectivity index (χ0n) is 12.4. The number of nitrogens with two attached hydrogens (primary N) is 1. The lowest BCUT2D eigenvalue weighted by atomic mass is 9.90. The molecule has 1 aromatic rings. The van der Waals surface area contributed by atoms with Crippen molar-refractivity contribution in [2.45, 2.75) is 38.3 Å². The Hall–Kier alpha value is -0.420. The Morgan fingerprint density at radius 3 is 2.75 bits per heavy atom. The molecular formula is C16H25BrN2O. The van der Waals surface area contributed by atoms with Crippen molar-refractivity contribution in [2.24, 2.45) is 5.73 Å².